The molecule has 0 saturated carbocycles. The van der Waals surface area contributed by atoms with Crippen LogP contribution in [0.3, 0.4) is 0 Å². The standard InChI is InChI=1S/C26H35N3O4S/c1-5-29(6-2)34(32,33)21-14-9-13-20(17-21)25(30)28-24(18(3)4)26(31)27-23-16-10-12-19-11-7-8-15-22(19)23/h7-9,11,13-15,17-18,23-24H,5-6,10,12,16H2,1-4H3,(H,27,31)(H,28,30)/t23-,24-/m0/s1. The number of benzene rings is 2. The van der Waals surface area contributed by atoms with Gasteiger partial charge in [-0.3, -0.25) is 9.59 Å². The third-order valence-electron chi connectivity index (χ3n) is 6.36. The van der Waals surface area contributed by atoms with E-state index in [1.54, 1.807) is 26.0 Å². The molecule has 0 saturated heterocycles. The first-order valence-electron chi connectivity index (χ1n) is 12.0. The third-order valence-corrected chi connectivity index (χ3v) is 8.41. The zero-order chi connectivity index (χ0) is 24.9. The first-order chi connectivity index (χ1) is 16.2. The minimum atomic E-state index is -3.69. The number of nitrogens with zero attached hydrogens (tertiary/aromatic N) is 1. The highest BCUT2D eigenvalue weighted by Gasteiger charge is 2.29. The molecule has 0 fully saturated rings. The van der Waals surface area contributed by atoms with Gasteiger partial charge in [-0.1, -0.05) is 58.0 Å². The normalized spacial score (nSPS) is 16.7. The average Bonchev–Trinajstić information content (AvgIpc) is 2.83. The van der Waals surface area contributed by atoms with Crippen LogP contribution in [0.15, 0.2) is 53.4 Å². The van der Waals surface area contributed by atoms with Gasteiger partial charge in [0, 0.05) is 18.7 Å². The molecule has 2 atom stereocenters. The Morgan fingerprint density at radius 3 is 2.44 bits per heavy atom. The van der Waals surface area contributed by atoms with Gasteiger partial charge < -0.3 is 10.6 Å². The molecule has 2 aromatic rings. The summed E-state index contributed by atoms with van der Waals surface area (Å²) in [5.41, 5.74) is 2.58. The summed E-state index contributed by atoms with van der Waals surface area (Å²) in [7, 11) is -3.69. The molecule has 0 spiro atoms. The van der Waals surface area contributed by atoms with Gasteiger partial charge in [0.25, 0.3) is 5.91 Å². The maximum Gasteiger partial charge on any atom is 0.251 e. The summed E-state index contributed by atoms with van der Waals surface area (Å²) in [4.78, 5) is 26.3. The quantitative estimate of drug-likeness (QED) is 0.567. The van der Waals surface area contributed by atoms with Gasteiger partial charge in [-0.15, -0.1) is 0 Å². The van der Waals surface area contributed by atoms with Crippen molar-refractivity contribution in [3.05, 3.63) is 65.2 Å². The fourth-order valence-electron chi connectivity index (χ4n) is 4.44. The molecule has 2 amide bonds. The van der Waals surface area contributed by atoms with Crippen molar-refractivity contribution in [3.8, 4) is 0 Å². The predicted octanol–water partition coefficient (Wildman–Crippen LogP) is 3.67. The van der Waals surface area contributed by atoms with Crippen molar-refractivity contribution in [3.63, 3.8) is 0 Å². The fraction of sp³-hybridized carbons (Fsp3) is 0.462. The lowest BCUT2D eigenvalue weighted by Gasteiger charge is -2.29. The van der Waals surface area contributed by atoms with Crippen molar-refractivity contribution < 1.29 is 18.0 Å². The summed E-state index contributed by atoms with van der Waals surface area (Å²) in [5.74, 6) is -0.864. The van der Waals surface area contributed by atoms with Crippen LogP contribution in [0.4, 0.5) is 0 Å². The summed E-state index contributed by atoms with van der Waals surface area (Å²) >= 11 is 0. The highest BCUT2D eigenvalue weighted by molar-refractivity contribution is 7.89. The molecule has 0 unspecified atom stereocenters. The van der Waals surface area contributed by atoms with Crippen LogP contribution in [-0.4, -0.2) is 43.7 Å². The number of sulfonamides is 1. The second-order valence-electron chi connectivity index (χ2n) is 8.96. The molecule has 1 aliphatic carbocycles. The summed E-state index contributed by atoms with van der Waals surface area (Å²) < 4.78 is 27.1. The van der Waals surface area contributed by atoms with E-state index in [-0.39, 0.29) is 28.3 Å². The molecular formula is C26H35N3O4S. The minimum absolute atomic E-state index is 0.0632. The van der Waals surface area contributed by atoms with E-state index >= 15 is 0 Å². The summed E-state index contributed by atoms with van der Waals surface area (Å²) in [6, 6.07) is 13.3. The Bertz CT molecular complexity index is 1130. The fourth-order valence-corrected chi connectivity index (χ4v) is 5.94. The Balaban J connectivity index is 1.77. The number of fused-ring (bicyclic) bond motifs is 1. The van der Waals surface area contributed by atoms with Crippen LogP contribution in [0, 0.1) is 5.92 Å². The van der Waals surface area contributed by atoms with Crippen LogP contribution in [0.25, 0.3) is 0 Å². The lowest BCUT2D eigenvalue weighted by molar-refractivity contribution is -0.124. The van der Waals surface area contributed by atoms with E-state index in [1.807, 2.05) is 32.0 Å². The lowest BCUT2D eigenvalue weighted by atomic mass is 9.87. The van der Waals surface area contributed by atoms with Crippen molar-refractivity contribution in [2.75, 3.05) is 13.1 Å². The van der Waals surface area contributed by atoms with Crippen LogP contribution < -0.4 is 10.6 Å². The molecule has 7 nitrogen and oxygen atoms in total. The smallest absolute Gasteiger partial charge is 0.251 e. The van der Waals surface area contributed by atoms with Crippen molar-refractivity contribution in [2.45, 2.75) is 63.9 Å². The van der Waals surface area contributed by atoms with Crippen LogP contribution in [0.1, 0.15) is 68.1 Å². The second-order valence-corrected chi connectivity index (χ2v) is 10.9. The van der Waals surface area contributed by atoms with Gasteiger partial charge in [0.1, 0.15) is 6.04 Å². The SMILES string of the molecule is CCN(CC)S(=O)(=O)c1cccc(C(=O)N[C@H](C(=O)N[C@H]2CCCc3ccccc32)C(C)C)c1. The Hall–Kier alpha value is -2.71. The van der Waals surface area contributed by atoms with Gasteiger partial charge in [-0.2, -0.15) is 4.31 Å². The van der Waals surface area contributed by atoms with E-state index in [4.69, 9.17) is 0 Å². The monoisotopic (exact) mass is 485 g/mol. The van der Waals surface area contributed by atoms with Crippen molar-refractivity contribution in [2.24, 2.45) is 5.92 Å². The number of aryl methyl sites for hydroxylation is 1. The zero-order valence-electron chi connectivity index (χ0n) is 20.4. The first-order valence-corrected chi connectivity index (χ1v) is 13.4. The molecule has 184 valence electrons. The van der Waals surface area contributed by atoms with Gasteiger partial charge >= 0.3 is 0 Å². The number of nitrogens with one attached hydrogen (secondary N) is 2. The Morgan fingerprint density at radius 2 is 1.76 bits per heavy atom. The van der Waals surface area contributed by atoms with Gasteiger partial charge in [0.2, 0.25) is 15.9 Å². The van der Waals surface area contributed by atoms with Crippen molar-refractivity contribution in [1.82, 2.24) is 14.9 Å². The molecule has 2 aromatic carbocycles. The average molecular weight is 486 g/mol. The highest BCUT2D eigenvalue weighted by Crippen LogP contribution is 2.29. The van der Waals surface area contributed by atoms with Gasteiger partial charge in [-0.25, -0.2) is 8.42 Å². The maximum atomic E-state index is 13.2. The summed E-state index contributed by atoms with van der Waals surface area (Å²) in [5, 5.41) is 5.95. The van der Waals surface area contributed by atoms with E-state index in [1.165, 1.54) is 22.0 Å². The largest absolute Gasteiger partial charge is 0.347 e. The molecule has 34 heavy (non-hydrogen) atoms. The number of hydrogen-bond acceptors (Lipinski definition) is 4. The molecule has 3 rings (SSSR count). The molecule has 0 radical (unpaired) electrons. The molecular weight excluding hydrogens is 450 g/mol. The van der Waals surface area contributed by atoms with Gasteiger partial charge in [-0.05, 0) is 54.5 Å². The number of amides is 2. The van der Waals surface area contributed by atoms with Crippen LogP contribution in [0.5, 0.6) is 0 Å². The number of carbonyl (C=O) groups is 2. The Kier molecular flexibility index (Phi) is 8.49. The molecule has 0 heterocycles. The Morgan fingerprint density at radius 1 is 1.06 bits per heavy atom. The maximum absolute atomic E-state index is 13.2. The molecule has 2 N–H and O–H groups in total. The molecule has 0 aromatic heterocycles. The number of carbonyl (C=O) groups excluding carboxylic acids is 2. The van der Waals surface area contributed by atoms with Gasteiger partial charge in [0.05, 0.1) is 10.9 Å². The summed E-state index contributed by atoms with van der Waals surface area (Å²) in [6.45, 7) is 7.98. The van der Waals surface area contributed by atoms with E-state index in [9.17, 15) is 18.0 Å². The highest BCUT2D eigenvalue weighted by atomic mass is 32.2. The van der Waals surface area contributed by atoms with Crippen LogP contribution in [-0.2, 0) is 21.2 Å². The summed E-state index contributed by atoms with van der Waals surface area (Å²) in [6.07, 6.45) is 2.85. The number of rotatable bonds is 9. The molecule has 1 aliphatic rings. The molecule has 0 bridgehead atoms. The van der Waals surface area contributed by atoms with Crippen molar-refractivity contribution >= 4 is 21.8 Å². The van der Waals surface area contributed by atoms with Crippen LogP contribution in [0.2, 0.25) is 0 Å². The minimum Gasteiger partial charge on any atom is -0.347 e. The van der Waals surface area contributed by atoms with E-state index in [2.05, 4.69) is 16.7 Å². The Labute approximate surface area is 203 Å². The van der Waals surface area contributed by atoms with E-state index < -0.39 is 22.0 Å². The molecule has 8 heteroatoms. The van der Waals surface area contributed by atoms with E-state index in [0.29, 0.717) is 13.1 Å². The van der Waals surface area contributed by atoms with Gasteiger partial charge in [0.15, 0.2) is 0 Å². The second kappa shape index (κ2) is 11.1. The van der Waals surface area contributed by atoms with Crippen molar-refractivity contribution in [1.29, 1.82) is 0 Å². The third kappa shape index (κ3) is 5.67. The van der Waals surface area contributed by atoms with Crippen LogP contribution >= 0.6 is 0 Å². The first kappa shape index (κ1) is 25.9. The lowest BCUT2D eigenvalue weighted by Crippen LogP contribution is -2.50. The number of hydrogen-bond donors (Lipinski definition) is 2. The molecule has 0 aliphatic heterocycles. The predicted molar refractivity (Wildman–Crippen MR) is 133 cm³/mol. The zero-order valence-corrected chi connectivity index (χ0v) is 21.2. The topological polar surface area (TPSA) is 95.6 Å². The van der Waals surface area contributed by atoms with E-state index in [0.717, 1.165) is 24.8 Å².